The number of aromatic hydroxyl groups is 1. The molecule has 0 aliphatic rings. The number of phenolic OH excluding ortho intramolecular Hbond substituents is 1. The first-order chi connectivity index (χ1) is 11.0. The average Bonchev–Trinajstić information content (AvgIpc) is 2.53. The molecule has 2 aromatic carbocycles. The molecular formula is C17H17ClN4O. The zero-order valence-corrected chi connectivity index (χ0v) is 13.4. The molecule has 1 atom stereocenters. The summed E-state index contributed by atoms with van der Waals surface area (Å²) in [6, 6.07) is 12.4. The standard InChI is InChI=1S/C17H17ClN4O/c1-10(19)9-20-16-13-8-11(18)6-7-14(13)21-17(22-16)12-4-2-3-5-15(12)23/h2-8,10,23H,9,19H2,1H3,(H,20,21,22). The van der Waals surface area contributed by atoms with Crippen molar-refractivity contribution < 1.29 is 5.11 Å². The molecule has 23 heavy (non-hydrogen) atoms. The summed E-state index contributed by atoms with van der Waals surface area (Å²) in [6.45, 7) is 2.48. The van der Waals surface area contributed by atoms with Crippen molar-refractivity contribution in [1.29, 1.82) is 0 Å². The van der Waals surface area contributed by atoms with E-state index < -0.39 is 0 Å². The van der Waals surface area contributed by atoms with Gasteiger partial charge in [-0.3, -0.25) is 0 Å². The molecule has 0 saturated heterocycles. The molecule has 4 N–H and O–H groups in total. The summed E-state index contributed by atoms with van der Waals surface area (Å²) in [7, 11) is 0. The first kappa shape index (κ1) is 15.5. The van der Waals surface area contributed by atoms with Gasteiger partial charge in [0.1, 0.15) is 11.6 Å². The molecule has 118 valence electrons. The Morgan fingerprint density at radius 1 is 1.22 bits per heavy atom. The van der Waals surface area contributed by atoms with Gasteiger partial charge in [0.15, 0.2) is 5.82 Å². The Hall–Kier alpha value is -2.37. The van der Waals surface area contributed by atoms with Crippen molar-refractivity contribution in [2.75, 3.05) is 11.9 Å². The van der Waals surface area contributed by atoms with Gasteiger partial charge < -0.3 is 16.2 Å². The van der Waals surface area contributed by atoms with Crippen LogP contribution in [0.5, 0.6) is 5.75 Å². The van der Waals surface area contributed by atoms with Crippen LogP contribution in [-0.4, -0.2) is 27.7 Å². The summed E-state index contributed by atoms with van der Waals surface area (Å²) >= 11 is 6.09. The molecule has 0 spiro atoms. The molecule has 6 heteroatoms. The van der Waals surface area contributed by atoms with Crippen LogP contribution >= 0.6 is 11.6 Å². The van der Waals surface area contributed by atoms with Gasteiger partial charge in [0.2, 0.25) is 0 Å². The van der Waals surface area contributed by atoms with E-state index in [1.807, 2.05) is 25.1 Å². The average molecular weight is 329 g/mol. The molecule has 1 aromatic heterocycles. The Morgan fingerprint density at radius 2 is 2.00 bits per heavy atom. The molecule has 0 aliphatic heterocycles. The number of aromatic nitrogens is 2. The van der Waals surface area contributed by atoms with Gasteiger partial charge in [0.25, 0.3) is 0 Å². The minimum atomic E-state index is -0.0206. The lowest BCUT2D eigenvalue weighted by molar-refractivity contribution is 0.477. The van der Waals surface area contributed by atoms with E-state index in [0.29, 0.717) is 28.8 Å². The number of nitrogens with zero attached hydrogens (tertiary/aromatic N) is 2. The van der Waals surface area contributed by atoms with E-state index in [-0.39, 0.29) is 11.8 Å². The Morgan fingerprint density at radius 3 is 2.74 bits per heavy atom. The number of fused-ring (bicyclic) bond motifs is 1. The Labute approximate surface area is 139 Å². The molecule has 1 unspecified atom stereocenters. The van der Waals surface area contributed by atoms with Crippen molar-refractivity contribution in [1.82, 2.24) is 9.97 Å². The van der Waals surface area contributed by atoms with Gasteiger partial charge in [-0.1, -0.05) is 23.7 Å². The Bertz CT molecular complexity index is 851. The number of para-hydroxylation sites is 1. The largest absolute Gasteiger partial charge is 0.507 e. The highest BCUT2D eigenvalue weighted by atomic mass is 35.5. The van der Waals surface area contributed by atoms with Crippen molar-refractivity contribution in [3.63, 3.8) is 0 Å². The van der Waals surface area contributed by atoms with Crippen LogP contribution in [0.2, 0.25) is 5.02 Å². The fourth-order valence-corrected chi connectivity index (χ4v) is 2.45. The molecule has 0 aliphatic carbocycles. The summed E-state index contributed by atoms with van der Waals surface area (Å²) in [5.74, 6) is 1.23. The van der Waals surface area contributed by atoms with Gasteiger partial charge in [0.05, 0.1) is 11.1 Å². The monoisotopic (exact) mass is 328 g/mol. The number of hydrogen-bond acceptors (Lipinski definition) is 5. The minimum Gasteiger partial charge on any atom is -0.507 e. The molecule has 0 saturated carbocycles. The number of rotatable bonds is 4. The summed E-state index contributed by atoms with van der Waals surface area (Å²) in [4.78, 5) is 9.08. The van der Waals surface area contributed by atoms with Crippen LogP contribution in [-0.2, 0) is 0 Å². The third kappa shape index (κ3) is 3.36. The van der Waals surface area contributed by atoms with E-state index in [1.165, 1.54) is 0 Å². The number of anilines is 1. The van der Waals surface area contributed by atoms with Crippen molar-refractivity contribution >= 4 is 28.3 Å². The third-order valence-corrected chi connectivity index (χ3v) is 3.63. The second-order valence-electron chi connectivity index (χ2n) is 5.43. The van der Waals surface area contributed by atoms with E-state index in [4.69, 9.17) is 17.3 Å². The normalized spacial score (nSPS) is 12.3. The lowest BCUT2D eigenvalue weighted by Crippen LogP contribution is -2.25. The minimum absolute atomic E-state index is 0.0206. The fourth-order valence-electron chi connectivity index (χ4n) is 2.28. The van der Waals surface area contributed by atoms with E-state index in [0.717, 1.165) is 10.9 Å². The lowest BCUT2D eigenvalue weighted by Gasteiger charge is -2.13. The molecule has 5 nitrogen and oxygen atoms in total. The number of hydrogen-bond donors (Lipinski definition) is 3. The van der Waals surface area contributed by atoms with Crippen LogP contribution in [0.4, 0.5) is 5.82 Å². The summed E-state index contributed by atoms with van der Waals surface area (Å²) < 4.78 is 0. The maximum Gasteiger partial charge on any atom is 0.165 e. The van der Waals surface area contributed by atoms with Crippen molar-refractivity contribution in [2.45, 2.75) is 13.0 Å². The Kier molecular flexibility index (Phi) is 4.32. The zero-order chi connectivity index (χ0) is 16.4. The number of nitrogens with one attached hydrogen (secondary N) is 1. The Balaban J connectivity index is 2.17. The van der Waals surface area contributed by atoms with Crippen molar-refractivity contribution in [2.24, 2.45) is 5.73 Å². The van der Waals surface area contributed by atoms with Crippen LogP contribution in [0, 0.1) is 0 Å². The summed E-state index contributed by atoms with van der Waals surface area (Å²) in [5.41, 5.74) is 7.14. The zero-order valence-electron chi connectivity index (χ0n) is 12.6. The molecule has 1 heterocycles. The smallest absolute Gasteiger partial charge is 0.165 e. The second kappa shape index (κ2) is 6.40. The number of nitrogens with two attached hydrogens (primary N) is 1. The maximum absolute atomic E-state index is 10.0. The topological polar surface area (TPSA) is 84.1 Å². The van der Waals surface area contributed by atoms with Crippen LogP contribution in [0.3, 0.4) is 0 Å². The van der Waals surface area contributed by atoms with Gasteiger partial charge in [-0.05, 0) is 37.3 Å². The van der Waals surface area contributed by atoms with Gasteiger partial charge in [0, 0.05) is 23.0 Å². The molecule has 3 rings (SSSR count). The van der Waals surface area contributed by atoms with Gasteiger partial charge in [-0.25, -0.2) is 9.97 Å². The molecule has 0 amide bonds. The van der Waals surface area contributed by atoms with Gasteiger partial charge in [-0.2, -0.15) is 0 Å². The van der Waals surface area contributed by atoms with Crippen molar-refractivity contribution in [3.8, 4) is 17.1 Å². The lowest BCUT2D eigenvalue weighted by atomic mass is 10.1. The molecule has 0 bridgehead atoms. The highest BCUT2D eigenvalue weighted by Crippen LogP contribution is 2.31. The first-order valence-electron chi connectivity index (χ1n) is 7.29. The molecular weight excluding hydrogens is 312 g/mol. The predicted octanol–water partition coefficient (Wildman–Crippen LogP) is 3.41. The third-order valence-electron chi connectivity index (χ3n) is 3.39. The summed E-state index contributed by atoms with van der Waals surface area (Å²) in [5, 5.41) is 14.7. The van der Waals surface area contributed by atoms with E-state index >= 15 is 0 Å². The number of benzene rings is 2. The fraction of sp³-hybridized carbons (Fsp3) is 0.176. The SMILES string of the molecule is CC(N)CNc1nc(-c2ccccc2O)nc2ccc(Cl)cc12. The van der Waals surface area contributed by atoms with Crippen LogP contribution in [0.15, 0.2) is 42.5 Å². The number of halogens is 1. The van der Waals surface area contributed by atoms with Gasteiger partial charge >= 0.3 is 0 Å². The molecule has 3 aromatic rings. The highest BCUT2D eigenvalue weighted by Gasteiger charge is 2.12. The molecule has 0 fully saturated rings. The second-order valence-corrected chi connectivity index (χ2v) is 5.87. The first-order valence-corrected chi connectivity index (χ1v) is 7.67. The van der Waals surface area contributed by atoms with Crippen LogP contribution in [0.1, 0.15) is 6.92 Å². The molecule has 0 radical (unpaired) electrons. The van der Waals surface area contributed by atoms with Crippen molar-refractivity contribution in [3.05, 3.63) is 47.5 Å². The van der Waals surface area contributed by atoms with Crippen LogP contribution in [0.25, 0.3) is 22.3 Å². The van der Waals surface area contributed by atoms with Gasteiger partial charge in [-0.15, -0.1) is 0 Å². The number of phenols is 1. The maximum atomic E-state index is 10.0. The van der Waals surface area contributed by atoms with Crippen LogP contribution < -0.4 is 11.1 Å². The van der Waals surface area contributed by atoms with E-state index in [9.17, 15) is 5.11 Å². The van der Waals surface area contributed by atoms with E-state index in [2.05, 4.69) is 15.3 Å². The quantitative estimate of drug-likeness (QED) is 0.683. The highest BCUT2D eigenvalue weighted by molar-refractivity contribution is 6.31. The predicted molar refractivity (Wildman–Crippen MR) is 93.8 cm³/mol. The van der Waals surface area contributed by atoms with E-state index in [1.54, 1.807) is 24.3 Å². The summed E-state index contributed by atoms with van der Waals surface area (Å²) in [6.07, 6.45) is 0.